The molecule has 0 bridgehead atoms. The van der Waals surface area contributed by atoms with Gasteiger partial charge in [-0.05, 0) is 43.7 Å². The average molecular weight is 354 g/mol. The Hall–Kier alpha value is -2.11. The van der Waals surface area contributed by atoms with Crippen molar-refractivity contribution in [2.24, 2.45) is 0 Å². The third-order valence-electron chi connectivity index (χ3n) is 4.19. The van der Waals surface area contributed by atoms with Crippen molar-refractivity contribution in [3.63, 3.8) is 0 Å². The van der Waals surface area contributed by atoms with Crippen LogP contribution in [0.4, 0.5) is 0 Å². The molecular formula is C21H30N4O. The molecule has 5 heteroatoms. The predicted molar refractivity (Wildman–Crippen MR) is 105 cm³/mol. The Kier molecular flexibility index (Phi) is 8.93. The summed E-state index contributed by atoms with van der Waals surface area (Å²) in [6, 6.07) is 11.7. The molecule has 2 heterocycles. The van der Waals surface area contributed by atoms with Crippen LogP contribution in [-0.4, -0.2) is 39.8 Å². The van der Waals surface area contributed by atoms with Gasteiger partial charge in [0.05, 0.1) is 17.4 Å². The standard InChI is InChI=1S/C21H30N4O/c1-3-9-21(26)20(24-12-4-2)17-25(15-18-10-5-7-13-22-18)16-19-11-6-8-14-23-19/h5-8,10-11,13-14,20,24H,3-4,9,12,15-17H2,1-2H3. The third kappa shape index (κ3) is 7.02. The molecule has 0 radical (unpaired) electrons. The summed E-state index contributed by atoms with van der Waals surface area (Å²) >= 11 is 0. The number of hydrogen-bond acceptors (Lipinski definition) is 5. The number of aromatic nitrogens is 2. The highest BCUT2D eigenvalue weighted by Crippen LogP contribution is 2.09. The Morgan fingerprint density at radius 3 is 2.08 bits per heavy atom. The van der Waals surface area contributed by atoms with E-state index in [4.69, 9.17) is 0 Å². The van der Waals surface area contributed by atoms with E-state index in [1.807, 2.05) is 55.7 Å². The molecule has 1 atom stereocenters. The van der Waals surface area contributed by atoms with Gasteiger partial charge in [0.25, 0.3) is 0 Å². The molecule has 0 saturated carbocycles. The van der Waals surface area contributed by atoms with Crippen molar-refractivity contribution in [3.8, 4) is 0 Å². The summed E-state index contributed by atoms with van der Waals surface area (Å²) in [6.07, 6.45) is 6.12. The van der Waals surface area contributed by atoms with Gasteiger partial charge in [-0.3, -0.25) is 19.7 Å². The summed E-state index contributed by atoms with van der Waals surface area (Å²) in [5.74, 6) is 0.285. The second kappa shape index (κ2) is 11.5. The van der Waals surface area contributed by atoms with Gasteiger partial charge in [0.15, 0.2) is 5.78 Å². The fraction of sp³-hybridized carbons (Fsp3) is 0.476. The summed E-state index contributed by atoms with van der Waals surface area (Å²) < 4.78 is 0. The molecule has 0 aliphatic rings. The van der Waals surface area contributed by atoms with E-state index in [9.17, 15) is 4.79 Å². The van der Waals surface area contributed by atoms with E-state index in [0.717, 1.165) is 30.8 Å². The Labute approximate surface area is 156 Å². The number of pyridine rings is 2. The van der Waals surface area contributed by atoms with Crippen LogP contribution in [0.15, 0.2) is 48.8 Å². The van der Waals surface area contributed by atoms with Gasteiger partial charge < -0.3 is 5.32 Å². The van der Waals surface area contributed by atoms with Crippen molar-refractivity contribution >= 4 is 5.78 Å². The Morgan fingerprint density at radius 1 is 1.00 bits per heavy atom. The van der Waals surface area contributed by atoms with Crippen LogP contribution < -0.4 is 5.32 Å². The van der Waals surface area contributed by atoms with Gasteiger partial charge in [-0.25, -0.2) is 0 Å². The minimum atomic E-state index is -0.151. The normalized spacial score (nSPS) is 12.3. The minimum Gasteiger partial charge on any atom is -0.306 e. The number of rotatable bonds is 12. The van der Waals surface area contributed by atoms with Gasteiger partial charge in [0.2, 0.25) is 0 Å². The van der Waals surface area contributed by atoms with Gasteiger partial charge in [0.1, 0.15) is 0 Å². The first kappa shape index (κ1) is 20.2. The second-order valence-electron chi connectivity index (χ2n) is 6.53. The molecule has 2 aromatic heterocycles. The van der Waals surface area contributed by atoms with Crippen LogP contribution in [-0.2, 0) is 17.9 Å². The zero-order valence-electron chi connectivity index (χ0n) is 15.9. The van der Waals surface area contributed by atoms with Crippen LogP contribution in [0.3, 0.4) is 0 Å². The van der Waals surface area contributed by atoms with Crippen LogP contribution >= 0.6 is 0 Å². The molecule has 2 aromatic rings. The van der Waals surface area contributed by atoms with Gasteiger partial charge in [0, 0.05) is 38.4 Å². The molecule has 0 amide bonds. The summed E-state index contributed by atoms with van der Waals surface area (Å²) in [6.45, 7) is 7.07. The first-order chi connectivity index (χ1) is 12.7. The molecule has 0 fully saturated rings. The molecule has 0 spiro atoms. The highest BCUT2D eigenvalue weighted by Gasteiger charge is 2.21. The number of nitrogens with zero attached hydrogens (tertiary/aromatic N) is 3. The van der Waals surface area contributed by atoms with E-state index in [-0.39, 0.29) is 11.8 Å². The number of carbonyl (C=O) groups excluding carboxylic acids is 1. The molecule has 26 heavy (non-hydrogen) atoms. The topological polar surface area (TPSA) is 58.1 Å². The Balaban J connectivity index is 2.12. The van der Waals surface area contributed by atoms with Crippen molar-refractivity contribution < 1.29 is 4.79 Å². The van der Waals surface area contributed by atoms with E-state index in [1.165, 1.54) is 0 Å². The molecule has 1 N–H and O–H groups in total. The van der Waals surface area contributed by atoms with Gasteiger partial charge in [-0.15, -0.1) is 0 Å². The van der Waals surface area contributed by atoms with Gasteiger partial charge in [-0.2, -0.15) is 0 Å². The molecule has 0 aromatic carbocycles. The fourth-order valence-electron chi connectivity index (χ4n) is 2.90. The summed E-state index contributed by atoms with van der Waals surface area (Å²) in [5.41, 5.74) is 2.00. The zero-order chi connectivity index (χ0) is 18.6. The van der Waals surface area contributed by atoms with Crippen LogP contribution in [0.25, 0.3) is 0 Å². The lowest BCUT2D eigenvalue weighted by atomic mass is 10.1. The van der Waals surface area contributed by atoms with E-state index < -0.39 is 0 Å². The van der Waals surface area contributed by atoms with Crippen molar-refractivity contribution in [1.82, 2.24) is 20.2 Å². The van der Waals surface area contributed by atoms with Crippen LogP contribution in [0.5, 0.6) is 0 Å². The fourth-order valence-corrected chi connectivity index (χ4v) is 2.90. The third-order valence-corrected chi connectivity index (χ3v) is 4.19. The quantitative estimate of drug-likeness (QED) is 0.634. The molecule has 0 saturated heterocycles. The van der Waals surface area contributed by atoms with Gasteiger partial charge in [-0.1, -0.05) is 26.0 Å². The zero-order valence-corrected chi connectivity index (χ0v) is 15.9. The summed E-state index contributed by atoms with van der Waals surface area (Å²) in [5, 5.41) is 3.42. The highest BCUT2D eigenvalue weighted by atomic mass is 16.1. The lowest BCUT2D eigenvalue weighted by Gasteiger charge is -2.27. The molecule has 1 unspecified atom stereocenters. The first-order valence-electron chi connectivity index (χ1n) is 9.51. The molecule has 0 aliphatic heterocycles. The Morgan fingerprint density at radius 2 is 1.62 bits per heavy atom. The molecule has 2 rings (SSSR count). The highest BCUT2D eigenvalue weighted by molar-refractivity contribution is 5.84. The van der Waals surface area contributed by atoms with E-state index in [1.54, 1.807) is 0 Å². The van der Waals surface area contributed by atoms with E-state index in [0.29, 0.717) is 26.1 Å². The Bertz CT molecular complexity index is 591. The number of ketones is 1. The number of hydrogen-bond donors (Lipinski definition) is 1. The SMILES string of the molecule is CCCNC(CN(Cc1ccccn1)Cc1ccccn1)C(=O)CCC. The minimum absolute atomic E-state index is 0.151. The monoisotopic (exact) mass is 354 g/mol. The number of nitrogens with one attached hydrogen (secondary N) is 1. The van der Waals surface area contributed by atoms with Crippen molar-refractivity contribution in [2.45, 2.75) is 52.2 Å². The summed E-state index contributed by atoms with van der Waals surface area (Å²) in [7, 11) is 0. The second-order valence-corrected chi connectivity index (χ2v) is 6.53. The molecule has 140 valence electrons. The molecule has 5 nitrogen and oxygen atoms in total. The maximum absolute atomic E-state index is 12.6. The van der Waals surface area contributed by atoms with Gasteiger partial charge >= 0.3 is 0 Å². The van der Waals surface area contributed by atoms with Crippen molar-refractivity contribution in [1.29, 1.82) is 0 Å². The lowest BCUT2D eigenvalue weighted by molar-refractivity contribution is -0.121. The number of Topliss-reactive ketones (excluding diaryl/α,β-unsaturated/α-hetero) is 1. The van der Waals surface area contributed by atoms with Crippen molar-refractivity contribution in [2.75, 3.05) is 13.1 Å². The maximum atomic E-state index is 12.6. The van der Waals surface area contributed by atoms with E-state index >= 15 is 0 Å². The lowest BCUT2D eigenvalue weighted by Crippen LogP contribution is -2.46. The summed E-state index contributed by atoms with van der Waals surface area (Å²) in [4.78, 5) is 23.7. The average Bonchev–Trinajstić information content (AvgIpc) is 2.66. The van der Waals surface area contributed by atoms with E-state index in [2.05, 4.69) is 27.1 Å². The molecule has 0 aliphatic carbocycles. The van der Waals surface area contributed by atoms with Crippen LogP contribution in [0.2, 0.25) is 0 Å². The largest absolute Gasteiger partial charge is 0.306 e. The smallest absolute Gasteiger partial charge is 0.151 e. The first-order valence-corrected chi connectivity index (χ1v) is 9.51. The van der Waals surface area contributed by atoms with Crippen LogP contribution in [0.1, 0.15) is 44.5 Å². The molecular weight excluding hydrogens is 324 g/mol. The van der Waals surface area contributed by atoms with Crippen LogP contribution in [0, 0.1) is 0 Å². The predicted octanol–water partition coefficient (Wildman–Crippen LogP) is 3.22. The number of carbonyl (C=O) groups is 1. The van der Waals surface area contributed by atoms with Crippen molar-refractivity contribution in [3.05, 3.63) is 60.2 Å². The maximum Gasteiger partial charge on any atom is 0.151 e.